The Morgan fingerprint density at radius 3 is 2.58 bits per heavy atom. The molecule has 1 atom stereocenters. The Hall–Kier alpha value is -3.80. The van der Waals surface area contributed by atoms with Crippen LogP contribution in [0.1, 0.15) is 37.9 Å². The molecule has 0 amide bonds. The van der Waals surface area contributed by atoms with Crippen molar-refractivity contribution in [1.29, 1.82) is 0 Å². The smallest absolute Gasteiger partial charge is 0.338 e. The van der Waals surface area contributed by atoms with Crippen LogP contribution in [0.15, 0.2) is 63.5 Å². The number of rotatable bonds is 6. The van der Waals surface area contributed by atoms with Crippen LogP contribution in [0.2, 0.25) is 5.02 Å². The number of carbonyl (C=O) groups is 1. The number of carbonyl (C=O) groups excluding carboxylic acids is 1. The fourth-order valence-electron chi connectivity index (χ4n) is 4.83. The predicted molar refractivity (Wildman–Crippen MR) is 153 cm³/mol. The Balaban J connectivity index is 1.71. The first kappa shape index (κ1) is 27.8. The molecular weight excluding hydrogens is 556 g/mol. The van der Waals surface area contributed by atoms with Crippen LogP contribution < -0.4 is 19.8 Å². The third kappa shape index (κ3) is 5.45. The third-order valence-corrected chi connectivity index (χ3v) is 7.87. The molecule has 2 aliphatic rings. The Kier molecular flexibility index (Phi) is 7.88. The van der Waals surface area contributed by atoms with E-state index in [-0.39, 0.29) is 22.9 Å². The predicted octanol–water partition coefficient (Wildman–Crippen LogP) is 3.59. The number of morpholine rings is 1. The molecule has 3 heterocycles. The number of ether oxygens (including phenoxy) is 2. The zero-order chi connectivity index (χ0) is 28.6. The molecule has 1 aromatic heterocycles. The molecule has 0 aliphatic carbocycles. The molecule has 10 nitrogen and oxygen atoms in total. The number of hydrogen-bond donors (Lipinski definition) is 0. The van der Waals surface area contributed by atoms with E-state index in [0.717, 1.165) is 17.0 Å². The van der Waals surface area contributed by atoms with Gasteiger partial charge in [-0.2, -0.15) is 0 Å². The van der Waals surface area contributed by atoms with Crippen LogP contribution in [0, 0.1) is 10.1 Å². The van der Waals surface area contributed by atoms with Crippen LogP contribution in [0.5, 0.6) is 0 Å². The van der Waals surface area contributed by atoms with Gasteiger partial charge in [0.05, 0.1) is 46.1 Å². The van der Waals surface area contributed by atoms with E-state index in [1.54, 1.807) is 57.2 Å². The lowest BCUT2D eigenvalue weighted by atomic mass is 9.96. The number of fused-ring (bicyclic) bond motifs is 1. The number of esters is 1. The summed E-state index contributed by atoms with van der Waals surface area (Å²) < 4.78 is 12.8. The first-order valence-electron chi connectivity index (χ1n) is 12.7. The summed E-state index contributed by atoms with van der Waals surface area (Å²) in [6, 6.07) is 10.8. The Morgan fingerprint density at radius 1 is 1.23 bits per heavy atom. The quantitative estimate of drug-likeness (QED) is 0.248. The maximum atomic E-state index is 14.0. The summed E-state index contributed by atoms with van der Waals surface area (Å²) in [5.41, 5.74) is 2.24. The monoisotopic (exact) mass is 582 g/mol. The van der Waals surface area contributed by atoms with Gasteiger partial charge >= 0.3 is 5.97 Å². The number of halogens is 1. The molecule has 40 heavy (non-hydrogen) atoms. The van der Waals surface area contributed by atoms with Gasteiger partial charge in [0.15, 0.2) is 4.80 Å². The largest absolute Gasteiger partial charge is 0.459 e. The molecule has 3 aromatic rings. The van der Waals surface area contributed by atoms with Crippen molar-refractivity contribution < 1.29 is 19.2 Å². The van der Waals surface area contributed by atoms with Gasteiger partial charge in [0.1, 0.15) is 0 Å². The Labute approximate surface area is 238 Å². The highest BCUT2D eigenvalue weighted by Gasteiger charge is 2.34. The van der Waals surface area contributed by atoms with Crippen molar-refractivity contribution in [2.75, 3.05) is 31.2 Å². The molecule has 1 fully saturated rings. The molecule has 0 bridgehead atoms. The summed E-state index contributed by atoms with van der Waals surface area (Å²) in [6.45, 7) is 7.54. The number of allylic oxidation sites excluding steroid dienone is 1. The molecule has 1 saturated heterocycles. The van der Waals surface area contributed by atoms with Crippen molar-refractivity contribution in [2.24, 2.45) is 4.99 Å². The number of nitro benzene ring substituents is 1. The highest BCUT2D eigenvalue weighted by molar-refractivity contribution is 7.07. The SMILES string of the molecule is CC1=C(C(=O)OC(C)C)C(c2ccc(Cl)cc2)n2c(s/c(=C\c3cc([N+](=O)[O-])ccc3N3CCOCC3)c2=O)=N1. The molecule has 0 N–H and O–H groups in total. The van der Waals surface area contributed by atoms with Crippen molar-refractivity contribution in [3.63, 3.8) is 0 Å². The maximum Gasteiger partial charge on any atom is 0.338 e. The number of thiazole rings is 1. The molecule has 2 aliphatic heterocycles. The molecule has 0 radical (unpaired) electrons. The maximum absolute atomic E-state index is 14.0. The number of nitrogens with zero attached hydrogens (tertiary/aromatic N) is 4. The minimum atomic E-state index is -0.786. The van der Waals surface area contributed by atoms with Crippen LogP contribution in [0.4, 0.5) is 11.4 Å². The average Bonchev–Trinajstić information content (AvgIpc) is 3.22. The molecule has 12 heteroatoms. The van der Waals surface area contributed by atoms with E-state index in [9.17, 15) is 19.7 Å². The topological polar surface area (TPSA) is 116 Å². The second kappa shape index (κ2) is 11.4. The third-order valence-electron chi connectivity index (χ3n) is 6.63. The average molecular weight is 583 g/mol. The molecule has 5 rings (SSSR count). The summed E-state index contributed by atoms with van der Waals surface area (Å²) in [5, 5.41) is 12.1. The van der Waals surface area contributed by atoms with Gasteiger partial charge in [-0.1, -0.05) is 35.1 Å². The molecule has 2 aromatic carbocycles. The summed E-state index contributed by atoms with van der Waals surface area (Å²) >= 11 is 7.30. The van der Waals surface area contributed by atoms with E-state index < -0.39 is 16.9 Å². The van der Waals surface area contributed by atoms with E-state index in [1.807, 2.05) is 0 Å². The van der Waals surface area contributed by atoms with Crippen LogP contribution in [-0.2, 0) is 14.3 Å². The van der Waals surface area contributed by atoms with Gasteiger partial charge in [0, 0.05) is 41.5 Å². The summed E-state index contributed by atoms with van der Waals surface area (Å²) in [4.78, 5) is 45.4. The van der Waals surface area contributed by atoms with Gasteiger partial charge in [-0.05, 0) is 50.6 Å². The second-order valence-electron chi connectivity index (χ2n) is 9.69. The zero-order valence-electron chi connectivity index (χ0n) is 22.1. The van der Waals surface area contributed by atoms with Gasteiger partial charge < -0.3 is 14.4 Å². The second-order valence-corrected chi connectivity index (χ2v) is 11.1. The van der Waals surface area contributed by atoms with Gasteiger partial charge in [0.25, 0.3) is 11.2 Å². The van der Waals surface area contributed by atoms with Gasteiger partial charge in [-0.3, -0.25) is 19.5 Å². The van der Waals surface area contributed by atoms with Crippen LogP contribution >= 0.6 is 22.9 Å². The minimum absolute atomic E-state index is 0.0790. The fraction of sp³-hybridized carbons (Fsp3) is 0.321. The summed E-state index contributed by atoms with van der Waals surface area (Å²) in [7, 11) is 0. The zero-order valence-corrected chi connectivity index (χ0v) is 23.7. The lowest BCUT2D eigenvalue weighted by Crippen LogP contribution is -2.40. The fourth-order valence-corrected chi connectivity index (χ4v) is 5.99. The highest BCUT2D eigenvalue weighted by atomic mass is 35.5. The number of benzene rings is 2. The minimum Gasteiger partial charge on any atom is -0.459 e. The molecule has 208 valence electrons. The van der Waals surface area contributed by atoms with Crippen molar-refractivity contribution in [3.05, 3.63) is 99.7 Å². The van der Waals surface area contributed by atoms with E-state index in [4.69, 9.17) is 21.1 Å². The van der Waals surface area contributed by atoms with Crippen LogP contribution in [-0.4, -0.2) is 47.9 Å². The van der Waals surface area contributed by atoms with E-state index >= 15 is 0 Å². The van der Waals surface area contributed by atoms with Crippen molar-refractivity contribution >= 4 is 46.4 Å². The first-order chi connectivity index (χ1) is 19.1. The van der Waals surface area contributed by atoms with Crippen molar-refractivity contribution in [3.8, 4) is 0 Å². The molecule has 0 spiro atoms. The molecule has 0 saturated carbocycles. The van der Waals surface area contributed by atoms with E-state index in [2.05, 4.69) is 9.89 Å². The summed E-state index contributed by atoms with van der Waals surface area (Å²) in [6.07, 6.45) is 1.29. The number of anilines is 1. The lowest BCUT2D eigenvalue weighted by Gasteiger charge is -2.30. The van der Waals surface area contributed by atoms with Crippen LogP contribution in [0.3, 0.4) is 0 Å². The highest BCUT2D eigenvalue weighted by Crippen LogP contribution is 2.32. The molecule has 1 unspecified atom stereocenters. The first-order valence-corrected chi connectivity index (χ1v) is 13.9. The van der Waals surface area contributed by atoms with Gasteiger partial charge in [-0.15, -0.1) is 0 Å². The Morgan fingerprint density at radius 2 is 1.93 bits per heavy atom. The van der Waals surface area contributed by atoms with E-state index in [1.165, 1.54) is 16.7 Å². The summed E-state index contributed by atoms with van der Waals surface area (Å²) in [5.74, 6) is -0.557. The standard InChI is InChI=1S/C28H27ClN4O6S/c1-16(2)39-27(35)24-17(3)30-28-32(25(24)18-4-6-20(29)7-5-18)26(34)23(40-28)15-19-14-21(33(36)37)8-9-22(19)31-10-12-38-13-11-31/h4-9,14-16,25H,10-13H2,1-3H3/b23-15-. The van der Waals surface area contributed by atoms with Crippen molar-refractivity contribution in [2.45, 2.75) is 32.9 Å². The molecular formula is C28H27ClN4O6S. The number of non-ortho nitro benzene ring substituents is 1. The lowest BCUT2D eigenvalue weighted by molar-refractivity contribution is -0.384. The van der Waals surface area contributed by atoms with Crippen LogP contribution in [0.25, 0.3) is 6.08 Å². The number of hydrogen-bond acceptors (Lipinski definition) is 9. The van der Waals surface area contributed by atoms with Gasteiger partial charge in [0.2, 0.25) is 0 Å². The van der Waals surface area contributed by atoms with Crippen molar-refractivity contribution in [1.82, 2.24) is 4.57 Å². The number of nitro groups is 1. The van der Waals surface area contributed by atoms with Gasteiger partial charge in [-0.25, -0.2) is 9.79 Å². The normalized spacial score (nSPS) is 17.6. The number of aromatic nitrogens is 1. The Bertz CT molecular complexity index is 1690. The van der Waals surface area contributed by atoms with E-state index in [0.29, 0.717) is 57.5 Å².